The number of aromatic nitrogens is 4. The van der Waals surface area contributed by atoms with Crippen molar-refractivity contribution in [2.24, 2.45) is 7.05 Å². The maximum atomic E-state index is 12.8. The van der Waals surface area contributed by atoms with E-state index in [1.807, 2.05) is 73.7 Å². The van der Waals surface area contributed by atoms with Gasteiger partial charge in [-0.25, -0.2) is 9.78 Å². The van der Waals surface area contributed by atoms with Crippen LogP contribution in [-0.2, 0) is 13.6 Å². The summed E-state index contributed by atoms with van der Waals surface area (Å²) in [6, 6.07) is 11.5. The third-order valence-electron chi connectivity index (χ3n) is 4.83. The van der Waals surface area contributed by atoms with Gasteiger partial charge in [-0.1, -0.05) is 30.3 Å². The molecule has 0 radical (unpaired) electrons. The van der Waals surface area contributed by atoms with Crippen LogP contribution in [0.1, 0.15) is 35.2 Å². The molecular formula is C21H28N6O. The zero-order chi connectivity index (χ0) is 20.1. The summed E-state index contributed by atoms with van der Waals surface area (Å²) in [6.45, 7) is 5.48. The van der Waals surface area contributed by atoms with Gasteiger partial charge >= 0.3 is 6.03 Å². The van der Waals surface area contributed by atoms with Crippen molar-refractivity contribution < 1.29 is 4.79 Å². The molecule has 7 nitrogen and oxygen atoms in total. The van der Waals surface area contributed by atoms with E-state index in [4.69, 9.17) is 0 Å². The van der Waals surface area contributed by atoms with Gasteiger partial charge in [0.15, 0.2) is 0 Å². The number of benzene rings is 1. The van der Waals surface area contributed by atoms with Crippen LogP contribution in [0, 0.1) is 13.8 Å². The molecule has 3 rings (SSSR count). The van der Waals surface area contributed by atoms with Gasteiger partial charge in [-0.05, 0) is 31.9 Å². The summed E-state index contributed by atoms with van der Waals surface area (Å²) in [5, 5.41) is 7.59. The number of nitrogens with one attached hydrogen (secondary N) is 1. The highest BCUT2D eigenvalue weighted by atomic mass is 16.2. The lowest BCUT2D eigenvalue weighted by molar-refractivity contribution is 0.204. The third-order valence-corrected chi connectivity index (χ3v) is 4.83. The SMILES string of the molecule is Cc1cc(C)n(CCCN(C)C(=O)NC(c2ccccc2)c2nccn2C)n1. The van der Waals surface area contributed by atoms with Crippen LogP contribution in [0.25, 0.3) is 0 Å². The van der Waals surface area contributed by atoms with Crippen molar-refractivity contribution in [3.05, 3.63) is 71.6 Å². The highest BCUT2D eigenvalue weighted by molar-refractivity contribution is 5.74. The Balaban J connectivity index is 1.63. The summed E-state index contributed by atoms with van der Waals surface area (Å²) < 4.78 is 3.92. The summed E-state index contributed by atoms with van der Waals surface area (Å²) in [5.41, 5.74) is 3.16. The van der Waals surface area contributed by atoms with Crippen molar-refractivity contribution in [1.82, 2.24) is 29.5 Å². The quantitative estimate of drug-likeness (QED) is 0.685. The number of urea groups is 1. The fraction of sp³-hybridized carbons (Fsp3) is 0.381. The standard InChI is InChI=1S/C21H28N6O/c1-16-15-17(2)27(24-16)13-8-12-26(4)21(28)23-19(18-9-6-5-7-10-18)20-22-11-14-25(20)3/h5-7,9-11,14-15,19H,8,12-13H2,1-4H3,(H,23,28). The number of carbonyl (C=O) groups is 1. The Hall–Kier alpha value is -3.09. The maximum Gasteiger partial charge on any atom is 0.317 e. The first-order chi connectivity index (χ1) is 13.5. The second-order valence-corrected chi connectivity index (χ2v) is 7.11. The van der Waals surface area contributed by atoms with Crippen LogP contribution < -0.4 is 5.32 Å². The number of imidazole rings is 1. The molecule has 2 amide bonds. The molecule has 7 heteroatoms. The highest BCUT2D eigenvalue weighted by Crippen LogP contribution is 2.20. The largest absolute Gasteiger partial charge is 0.336 e. The molecule has 148 valence electrons. The number of hydrogen-bond donors (Lipinski definition) is 1. The Morgan fingerprint density at radius 1 is 1.25 bits per heavy atom. The molecule has 3 aromatic rings. The molecule has 0 saturated carbocycles. The Labute approximate surface area is 166 Å². The third kappa shape index (κ3) is 4.60. The summed E-state index contributed by atoms with van der Waals surface area (Å²) in [5.74, 6) is 0.801. The molecule has 0 aliphatic heterocycles. The topological polar surface area (TPSA) is 68.0 Å². The minimum Gasteiger partial charge on any atom is -0.336 e. The van der Waals surface area contributed by atoms with E-state index in [1.54, 1.807) is 11.1 Å². The van der Waals surface area contributed by atoms with Crippen LogP contribution >= 0.6 is 0 Å². The van der Waals surface area contributed by atoms with Crippen LogP contribution in [-0.4, -0.2) is 43.9 Å². The average molecular weight is 380 g/mol. The zero-order valence-corrected chi connectivity index (χ0v) is 17.0. The lowest BCUT2D eigenvalue weighted by Crippen LogP contribution is -2.41. The molecule has 1 atom stereocenters. The molecule has 0 saturated heterocycles. The van der Waals surface area contributed by atoms with Gasteiger partial charge in [0, 0.05) is 45.3 Å². The van der Waals surface area contributed by atoms with E-state index in [0.717, 1.165) is 35.7 Å². The van der Waals surface area contributed by atoms with Crippen molar-refractivity contribution >= 4 is 6.03 Å². The van der Waals surface area contributed by atoms with Gasteiger partial charge in [-0.3, -0.25) is 4.68 Å². The van der Waals surface area contributed by atoms with Gasteiger partial charge in [-0.2, -0.15) is 5.10 Å². The number of aryl methyl sites for hydroxylation is 4. The van der Waals surface area contributed by atoms with E-state index in [1.165, 1.54) is 0 Å². The summed E-state index contributed by atoms with van der Waals surface area (Å²) in [7, 11) is 3.75. The molecule has 0 aliphatic carbocycles. The number of amides is 2. The first-order valence-electron chi connectivity index (χ1n) is 9.50. The lowest BCUT2D eigenvalue weighted by Gasteiger charge is -2.24. The maximum absolute atomic E-state index is 12.8. The fourth-order valence-electron chi connectivity index (χ4n) is 3.29. The molecule has 0 fully saturated rings. The lowest BCUT2D eigenvalue weighted by atomic mass is 10.1. The molecule has 0 aliphatic rings. The van der Waals surface area contributed by atoms with E-state index in [2.05, 4.69) is 21.5 Å². The van der Waals surface area contributed by atoms with Crippen molar-refractivity contribution in [1.29, 1.82) is 0 Å². The Kier molecular flexibility index (Phi) is 6.13. The summed E-state index contributed by atoms with van der Waals surface area (Å²) in [4.78, 5) is 19.0. The predicted octanol–water partition coefficient (Wildman–Crippen LogP) is 3.05. The van der Waals surface area contributed by atoms with Crippen LogP contribution in [0.15, 0.2) is 48.8 Å². The number of rotatable bonds is 7. The van der Waals surface area contributed by atoms with Crippen LogP contribution in [0.4, 0.5) is 4.79 Å². The molecule has 1 aromatic carbocycles. The Morgan fingerprint density at radius 3 is 2.61 bits per heavy atom. The second-order valence-electron chi connectivity index (χ2n) is 7.11. The van der Waals surface area contributed by atoms with E-state index in [9.17, 15) is 4.79 Å². The van der Waals surface area contributed by atoms with Crippen LogP contribution in [0.5, 0.6) is 0 Å². The average Bonchev–Trinajstić information content (AvgIpc) is 3.24. The minimum absolute atomic E-state index is 0.120. The van der Waals surface area contributed by atoms with Crippen molar-refractivity contribution in [2.45, 2.75) is 32.9 Å². The molecule has 0 bridgehead atoms. The molecule has 0 spiro atoms. The number of nitrogens with zero attached hydrogens (tertiary/aromatic N) is 5. The molecule has 2 aromatic heterocycles. The first-order valence-corrected chi connectivity index (χ1v) is 9.50. The van der Waals surface area contributed by atoms with Gasteiger partial charge in [0.1, 0.15) is 11.9 Å². The highest BCUT2D eigenvalue weighted by Gasteiger charge is 2.22. The van der Waals surface area contributed by atoms with Crippen molar-refractivity contribution in [3.8, 4) is 0 Å². The van der Waals surface area contributed by atoms with Gasteiger partial charge in [-0.15, -0.1) is 0 Å². The zero-order valence-electron chi connectivity index (χ0n) is 17.0. The molecule has 2 heterocycles. The number of carbonyl (C=O) groups excluding carboxylic acids is 1. The molecular weight excluding hydrogens is 352 g/mol. The van der Waals surface area contributed by atoms with E-state index in [-0.39, 0.29) is 12.1 Å². The monoisotopic (exact) mass is 380 g/mol. The van der Waals surface area contributed by atoms with Gasteiger partial charge in [0.05, 0.1) is 5.69 Å². The molecule has 28 heavy (non-hydrogen) atoms. The van der Waals surface area contributed by atoms with Crippen molar-refractivity contribution in [2.75, 3.05) is 13.6 Å². The van der Waals surface area contributed by atoms with E-state index >= 15 is 0 Å². The summed E-state index contributed by atoms with van der Waals surface area (Å²) >= 11 is 0. The predicted molar refractivity (Wildman–Crippen MR) is 109 cm³/mol. The smallest absolute Gasteiger partial charge is 0.317 e. The van der Waals surface area contributed by atoms with E-state index in [0.29, 0.717) is 6.54 Å². The number of hydrogen-bond acceptors (Lipinski definition) is 3. The van der Waals surface area contributed by atoms with Gasteiger partial charge in [0.2, 0.25) is 0 Å². The van der Waals surface area contributed by atoms with Crippen LogP contribution in [0.3, 0.4) is 0 Å². The first kappa shape index (κ1) is 19.7. The fourth-order valence-corrected chi connectivity index (χ4v) is 3.29. The minimum atomic E-state index is -0.299. The normalized spacial score (nSPS) is 12.0. The Bertz CT molecular complexity index is 914. The van der Waals surface area contributed by atoms with E-state index < -0.39 is 0 Å². The van der Waals surface area contributed by atoms with Gasteiger partial charge in [0.25, 0.3) is 0 Å². The van der Waals surface area contributed by atoms with Crippen molar-refractivity contribution in [3.63, 3.8) is 0 Å². The Morgan fingerprint density at radius 2 is 2.00 bits per heavy atom. The summed E-state index contributed by atoms with van der Waals surface area (Å²) in [6.07, 6.45) is 4.47. The molecule has 1 N–H and O–H groups in total. The van der Waals surface area contributed by atoms with Gasteiger partial charge < -0.3 is 14.8 Å². The van der Waals surface area contributed by atoms with Crippen LogP contribution in [0.2, 0.25) is 0 Å². The molecule has 1 unspecified atom stereocenters. The second kappa shape index (κ2) is 8.73.